The Labute approximate surface area is 196 Å². The van der Waals surface area contributed by atoms with Crippen LogP contribution in [0, 0.1) is 5.92 Å². The van der Waals surface area contributed by atoms with Gasteiger partial charge in [0.15, 0.2) is 5.13 Å². The summed E-state index contributed by atoms with van der Waals surface area (Å²) < 4.78 is 27.3. The maximum atomic E-state index is 12.7. The summed E-state index contributed by atoms with van der Waals surface area (Å²) >= 11 is 7.46. The molecule has 0 atom stereocenters. The molecule has 2 aromatic carbocycles. The van der Waals surface area contributed by atoms with Crippen molar-refractivity contribution in [1.82, 2.24) is 9.88 Å². The highest BCUT2D eigenvalue weighted by Gasteiger charge is 2.25. The molecule has 0 spiro atoms. The number of carbonyl (C=O) groups excluding carboxylic acids is 1. The molecule has 0 aliphatic carbocycles. The maximum absolute atomic E-state index is 12.7. The fraction of sp³-hybridized carbons (Fsp3) is 0.273. The summed E-state index contributed by atoms with van der Waals surface area (Å²) in [5.74, 6) is -0.119. The molecule has 2 heterocycles. The first-order chi connectivity index (χ1) is 15.4. The molecule has 32 heavy (non-hydrogen) atoms. The van der Waals surface area contributed by atoms with Crippen LogP contribution in [0.4, 0.5) is 10.8 Å². The van der Waals surface area contributed by atoms with Crippen molar-refractivity contribution < 1.29 is 13.2 Å². The number of hydrogen-bond acceptors (Lipinski definition) is 6. The number of rotatable bonds is 7. The molecule has 10 heteroatoms. The van der Waals surface area contributed by atoms with Crippen LogP contribution in [-0.2, 0) is 21.4 Å². The number of halogens is 1. The fourth-order valence-corrected chi connectivity index (χ4v) is 5.61. The third-order valence-corrected chi connectivity index (χ3v) is 7.94. The molecule has 3 aromatic rings. The smallest absolute Gasteiger partial charge is 0.263 e. The number of benzene rings is 2. The molecule has 1 aliphatic rings. The number of likely N-dealkylation sites (tertiary alicyclic amines) is 1. The van der Waals surface area contributed by atoms with Crippen molar-refractivity contribution in [1.29, 1.82) is 0 Å². The van der Waals surface area contributed by atoms with Crippen LogP contribution in [-0.4, -0.2) is 37.3 Å². The van der Waals surface area contributed by atoms with Gasteiger partial charge in [-0.1, -0.05) is 29.8 Å². The topological polar surface area (TPSA) is 91.4 Å². The van der Waals surface area contributed by atoms with E-state index in [9.17, 15) is 13.2 Å². The number of thiazole rings is 1. The zero-order valence-electron chi connectivity index (χ0n) is 17.2. The standard InChI is InChI=1S/C22H23ClN4O3S2/c23-20-4-2-1-3-17(20)15-27-12-9-16(10-13-27)21(28)25-18-5-7-19(8-6-18)32(29,30)26-22-24-11-14-31-22/h1-8,11,14,16H,9-10,12-13,15H2,(H,24,26)(H,25,28). The van der Waals surface area contributed by atoms with Gasteiger partial charge < -0.3 is 5.32 Å². The molecule has 4 rings (SSSR count). The van der Waals surface area contributed by atoms with Crippen LogP contribution in [0.5, 0.6) is 0 Å². The van der Waals surface area contributed by atoms with E-state index in [2.05, 4.69) is 19.9 Å². The minimum atomic E-state index is -3.71. The van der Waals surface area contributed by atoms with Crippen molar-refractivity contribution in [3.05, 3.63) is 70.7 Å². The molecule has 1 aromatic heterocycles. The first-order valence-corrected chi connectivity index (χ1v) is 12.9. The van der Waals surface area contributed by atoms with Gasteiger partial charge in [0.05, 0.1) is 4.90 Å². The predicted molar refractivity (Wildman–Crippen MR) is 127 cm³/mol. The van der Waals surface area contributed by atoms with Crippen molar-refractivity contribution in [3.8, 4) is 0 Å². The van der Waals surface area contributed by atoms with Gasteiger partial charge in [0.25, 0.3) is 10.0 Å². The van der Waals surface area contributed by atoms with E-state index in [-0.39, 0.29) is 16.7 Å². The normalized spacial score (nSPS) is 15.4. The zero-order valence-corrected chi connectivity index (χ0v) is 19.6. The zero-order chi connectivity index (χ0) is 22.6. The number of amides is 1. The van der Waals surface area contributed by atoms with Crippen LogP contribution in [0.1, 0.15) is 18.4 Å². The van der Waals surface area contributed by atoms with E-state index in [1.807, 2.05) is 24.3 Å². The molecule has 1 fully saturated rings. The van der Waals surface area contributed by atoms with E-state index in [4.69, 9.17) is 11.6 Å². The SMILES string of the molecule is O=C(Nc1ccc(S(=O)(=O)Nc2nccs2)cc1)C1CCN(Cc2ccccc2Cl)CC1. The Morgan fingerprint density at radius 3 is 2.50 bits per heavy atom. The van der Waals surface area contributed by atoms with E-state index < -0.39 is 10.0 Å². The van der Waals surface area contributed by atoms with Crippen molar-refractivity contribution in [2.45, 2.75) is 24.3 Å². The molecular formula is C22H23ClN4O3S2. The van der Waals surface area contributed by atoms with Gasteiger partial charge in [0, 0.05) is 34.7 Å². The van der Waals surface area contributed by atoms with Gasteiger partial charge >= 0.3 is 0 Å². The van der Waals surface area contributed by atoms with Crippen molar-refractivity contribution in [2.75, 3.05) is 23.1 Å². The van der Waals surface area contributed by atoms with Crippen molar-refractivity contribution in [2.24, 2.45) is 5.92 Å². The minimum absolute atomic E-state index is 0.0427. The summed E-state index contributed by atoms with van der Waals surface area (Å²) in [5, 5.41) is 5.67. The number of anilines is 2. The number of carbonyl (C=O) groups is 1. The van der Waals surface area contributed by atoms with Crippen LogP contribution in [0.3, 0.4) is 0 Å². The Kier molecular flexibility index (Phi) is 7.10. The van der Waals surface area contributed by atoms with E-state index in [0.29, 0.717) is 10.8 Å². The second-order valence-corrected chi connectivity index (χ2v) is 10.6. The Bertz CT molecular complexity index is 1160. The van der Waals surface area contributed by atoms with E-state index in [0.717, 1.165) is 43.1 Å². The fourth-order valence-electron chi connectivity index (χ4n) is 3.63. The van der Waals surface area contributed by atoms with Gasteiger partial charge in [0.2, 0.25) is 5.91 Å². The summed E-state index contributed by atoms with van der Waals surface area (Å²) in [7, 11) is -3.71. The van der Waals surface area contributed by atoms with Gasteiger partial charge in [-0.25, -0.2) is 13.4 Å². The number of hydrogen-bond donors (Lipinski definition) is 2. The first kappa shape index (κ1) is 22.7. The molecular weight excluding hydrogens is 468 g/mol. The number of nitrogens with one attached hydrogen (secondary N) is 2. The molecule has 168 valence electrons. The quantitative estimate of drug-likeness (QED) is 0.510. The van der Waals surface area contributed by atoms with Gasteiger partial charge in [-0.15, -0.1) is 11.3 Å². The number of piperidine rings is 1. The van der Waals surface area contributed by atoms with Crippen LogP contribution >= 0.6 is 22.9 Å². The molecule has 7 nitrogen and oxygen atoms in total. The highest BCUT2D eigenvalue weighted by atomic mass is 35.5. The average molecular weight is 491 g/mol. The van der Waals surface area contributed by atoms with Gasteiger partial charge in [-0.3, -0.25) is 14.4 Å². The third-order valence-electron chi connectivity index (χ3n) is 5.40. The predicted octanol–water partition coefficient (Wildman–Crippen LogP) is 4.45. The lowest BCUT2D eigenvalue weighted by molar-refractivity contribution is -0.121. The summed E-state index contributed by atoms with van der Waals surface area (Å²) in [5.41, 5.74) is 1.66. The Morgan fingerprint density at radius 2 is 1.84 bits per heavy atom. The Hall–Kier alpha value is -2.46. The molecule has 0 bridgehead atoms. The van der Waals surface area contributed by atoms with Crippen molar-refractivity contribution >= 4 is 49.7 Å². The van der Waals surface area contributed by atoms with Gasteiger partial charge in [0.1, 0.15) is 0 Å². The van der Waals surface area contributed by atoms with Crippen LogP contribution in [0.25, 0.3) is 0 Å². The lowest BCUT2D eigenvalue weighted by Gasteiger charge is -2.31. The summed E-state index contributed by atoms with van der Waals surface area (Å²) in [6, 6.07) is 14.0. The summed E-state index contributed by atoms with van der Waals surface area (Å²) in [6.07, 6.45) is 3.06. The molecule has 2 N–H and O–H groups in total. The summed E-state index contributed by atoms with van der Waals surface area (Å²) in [6.45, 7) is 2.42. The highest BCUT2D eigenvalue weighted by Crippen LogP contribution is 2.24. The maximum Gasteiger partial charge on any atom is 0.263 e. The van der Waals surface area contributed by atoms with E-state index in [1.165, 1.54) is 29.7 Å². The third kappa shape index (κ3) is 5.66. The first-order valence-electron chi connectivity index (χ1n) is 10.2. The van der Waals surface area contributed by atoms with Crippen LogP contribution in [0.2, 0.25) is 5.02 Å². The molecule has 1 saturated heterocycles. The number of sulfonamides is 1. The Balaban J connectivity index is 1.29. The van der Waals surface area contributed by atoms with Crippen LogP contribution < -0.4 is 10.0 Å². The lowest BCUT2D eigenvalue weighted by atomic mass is 9.95. The molecule has 1 aliphatic heterocycles. The Morgan fingerprint density at radius 1 is 1.12 bits per heavy atom. The second kappa shape index (κ2) is 9.99. The van der Waals surface area contributed by atoms with E-state index in [1.54, 1.807) is 17.5 Å². The van der Waals surface area contributed by atoms with Gasteiger partial charge in [-0.05, 0) is 61.8 Å². The molecule has 0 radical (unpaired) electrons. The lowest BCUT2D eigenvalue weighted by Crippen LogP contribution is -2.37. The number of aromatic nitrogens is 1. The largest absolute Gasteiger partial charge is 0.326 e. The van der Waals surface area contributed by atoms with E-state index >= 15 is 0 Å². The van der Waals surface area contributed by atoms with Crippen LogP contribution in [0.15, 0.2) is 65.0 Å². The molecule has 0 saturated carbocycles. The minimum Gasteiger partial charge on any atom is -0.326 e. The van der Waals surface area contributed by atoms with Crippen molar-refractivity contribution in [3.63, 3.8) is 0 Å². The second-order valence-electron chi connectivity index (χ2n) is 7.60. The average Bonchev–Trinajstić information content (AvgIpc) is 3.28. The molecule has 0 unspecified atom stereocenters. The monoisotopic (exact) mass is 490 g/mol. The molecule has 1 amide bonds. The summed E-state index contributed by atoms with van der Waals surface area (Å²) in [4.78, 5) is 19.0. The number of nitrogens with zero attached hydrogens (tertiary/aromatic N) is 2. The van der Waals surface area contributed by atoms with Gasteiger partial charge in [-0.2, -0.15) is 0 Å². The highest BCUT2D eigenvalue weighted by molar-refractivity contribution is 7.93.